The van der Waals surface area contributed by atoms with Gasteiger partial charge in [-0.3, -0.25) is 0 Å². The van der Waals surface area contributed by atoms with E-state index in [2.05, 4.69) is 39.8 Å². The Hall–Kier alpha value is -0.780. The van der Waals surface area contributed by atoms with Crippen molar-refractivity contribution in [1.82, 2.24) is 0 Å². The molecule has 50 heavy (non-hydrogen) atoms. The van der Waals surface area contributed by atoms with Gasteiger partial charge in [0, 0.05) is 0 Å². The van der Waals surface area contributed by atoms with Gasteiger partial charge in [0.1, 0.15) is 0 Å². The first-order valence-electron chi connectivity index (χ1n) is 23.9. The predicted molar refractivity (Wildman–Crippen MR) is 230 cm³/mol. The Morgan fingerprint density at radius 3 is 0.620 bits per heavy atom. The van der Waals surface area contributed by atoms with E-state index < -0.39 is 0 Å². The van der Waals surface area contributed by atoms with Crippen LogP contribution in [0.4, 0.5) is 0 Å². The molecule has 0 nitrogen and oxygen atoms in total. The van der Waals surface area contributed by atoms with Crippen LogP contribution in [0.25, 0.3) is 0 Å². The highest BCUT2D eigenvalue weighted by Gasteiger charge is 2.14. The number of hydrogen-bond acceptors (Lipinski definition) is 0. The summed E-state index contributed by atoms with van der Waals surface area (Å²) in [6, 6.07) is 5.24. The molecular weight excluding hydrogens is 601 g/mol. The fourth-order valence-electron chi connectivity index (χ4n) is 8.36. The highest BCUT2D eigenvalue weighted by atomic mass is 14.2. The van der Waals surface area contributed by atoms with Crippen LogP contribution in [0.2, 0.25) is 0 Å². The molecule has 0 N–H and O–H groups in total. The monoisotopic (exact) mass is 695 g/mol. The average molecular weight is 695 g/mol. The van der Waals surface area contributed by atoms with E-state index in [1.165, 1.54) is 257 Å². The molecule has 0 amide bonds. The van der Waals surface area contributed by atoms with Gasteiger partial charge >= 0.3 is 0 Å². The van der Waals surface area contributed by atoms with Gasteiger partial charge in [0.05, 0.1) is 0 Å². The van der Waals surface area contributed by atoms with Gasteiger partial charge < -0.3 is 0 Å². The minimum absolute atomic E-state index is 1.33. The molecule has 0 aromatic heterocycles. The quantitative estimate of drug-likeness (QED) is 0.0600. The van der Waals surface area contributed by atoms with E-state index in [0.29, 0.717) is 0 Å². The Kier molecular flexibility index (Phi) is 35.9. The van der Waals surface area contributed by atoms with Crippen LogP contribution >= 0.6 is 0 Å². The summed E-state index contributed by atoms with van der Waals surface area (Å²) >= 11 is 0. The first kappa shape index (κ1) is 47.2. The molecule has 0 aliphatic heterocycles. The molecule has 0 heterocycles. The number of rotatable bonds is 40. The first-order chi connectivity index (χ1) is 24.8. The maximum Gasteiger partial charge on any atom is -0.0273 e. The summed E-state index contributed by atoms with van der Waals surface area (Å²) in [5.41, 5.74) is 7.16. The summed E-state index contributed by atoms with van der Waals surface area (Å²) in [6.45, 7) is 9.32. The van der Waals surface area contributed by atoms with Gasteiger partial charge in [0.2, 0.25) is 0 Å². The first-order valence-corrected chi connectivity index (χ1v) is 23.9. The van der Waals surface area contributed by atoms with Crippen molar-refractivity contribution < 1.29 is 0 Å². The Morgan fingerprint density at radius 1 is 0.220 bits per heavy atom. The van der Waals surface area contributed by atoms with Crippen LogP contribution in [-0.2, 0) is 25.7 Å². The van der Waals surface area contributed by atoms with Crippen LogP contribution in [0.3, 0.4) is 0 Å². The minimum Gasteiger partial charge on any atom is -0.0654 e. The second kappa shape index (κ2) is 38.0. The van der Waals surface area contributed by atoms with Crippen molar-refractivity contribution in [2.45, 2.75) is 285 Å². The van der Waals surface area contributed by atoms with E-state index in [9.17, 15) is 0 Å². The molecule has 0 saturated carbocycles. The number of benzene rings is 1. The molecule has 0 fully saturated rings. The van der Waals surface area contributed by atoms with Gasteiger partial charge in [-0.2, -0.15) is 0 Å². The van der Waals surface area contributed by atoms with Crippen LogP contribution in [0.15, 0.2) is 12.1 Å². The van der Waals surface area contributed by atoms with Crippen LogP contribution < -0.4 is 0 Å². The van der Waals surface area contributed by atoms with Crippen molar-refractivity contribution in [3.63, 3.8) is 0 Å². The van der Waals surface area contributed by atoms with Gasteiger partial charge in [-0.05, 0) is 73.6 Å². The number of unbranched alkanes of at least 4 members (excludes halogenated alkanes) is 32. The highest BCUT2D eigenvalue weighted by Crippen LogP contribution is 2.28. The molecule has 0 unspecified atom stereocenters. The van der Waals surface area contributed by atoms with Crippen LogP contribution in [0.5, 0.6) is 0 Å². The number of hydrogen-bond donors (Lipinski definition) is 0. The van der Waals surface area contributed by atoms with E-state index in [1.807, 2.05) is 11.1 Å². The van der Waals surface area contributed by atoms with Crippen molar-refractivity contribution >= 4 is 0 Å². The van der Waals surface area contributed by atoms with Crippen molar-refractivity contribution in [2.75, 3.05) is 0 Å². The molecule has 0 heteroatoms. The molecule has 0 atom stereocenters. The predicted octanol–water partition coefficient (Wildman–Crippen LogP) is 18.0. The van der Waals surface area contributed by atoms with Crippen LogP contribution in [0.1, 0.15) is 281 Å². The van der Waals surface area contributed by atoms with Gasteiger partial charge in [-0.1, -0.05) is 245 Å². The van der Waals surface area contributed by atoms with Crippen molar-refractivity contribution in [2.24, 2.45) is 0 Å². The molecule has 1 aromatic rings. The third-order valence-electron chi connectivity index (χ3n) is 11.8. The van der Waals surface area contributed by atoms with Crippen LogP contribution in [0, 0.1) is 0 Å². The van der Waals surface area contributed by atoms with E-state index in [0.717, 1.165) is 0 Å². The van der Waals surface area contributed by atoms with Gasteiger partial charge in [-0.15, -0.1) is 0 Å². The molecule has 0 aliphatic carbocycles. The average Bonchev–Trinajstić information content (AvgIpc) is 3.13. The topological polar surface area (TPSA) is 0 Å². The second-order valence-electron chi connectivity index (χ2n) is 16.7. The zero-order chi connectivity index (χ0) is 36.0. The smallest absolute Gasteiger partial charge is 0.0273 e. The molecule has 1 rings (SSSR count). The Balaban J connectivity index is 2.84. The van der Waals surface area contributed by atoms with E-state index in [-0.39, 0.29) is 0 Å². The number of aryl methyl sites for hydroxylation is 2. The summed E-state index contributed by atoms with van der Waals surface area (Å²) in [6.07, 6.45) is 56.9. The standard InChI is InChI=1S/C50H94/c1-5-9-13-17-21-25-29-33-37-41-47-45-46-48(42-38-34-30-26-22-18-14-10-6-2)50(44-40-36-32-28-24-20-16-12-8-4)49(47)43-39-35-31-27-23-19-15-11-7-3/h45-46H,5-44H2,1-4H3. The fourth-order valence-corrected chi connectivity index (χ4v) is 8.36. The lowest BCUT2D eigenvalue weighted by Crippen LogP contribution is -2.07. The molecule has 0 radical (unpaired) electrons. The lowest BCUT2D eigenvalue weighted by molar-refractivity contribution is 0.556. The zero-order valence-electron chi connectivity index (χ0n) is 35.4. The SMILES string of the molecule is CCCCCCCCCCCc1ccc(CCCCCCCCCCC)c(CCCCCCCCCCC)c1CCCCCCCCCCC. The second-order valence-corrected chi connectivity index (χ2v) is 16.7. The van der Waals surface area contributed by atoms with E-state index >= 15 is 0 Å². The summed E-state index contributed by atoms with van der Waals surface area (Å²) in [5.74, 6) is 0. The fraction of sp³-hybridized carbons (Fsp3) is 0.880. The summed E-state index contributed by atoms with van der Waals surface area (Å²) in [7, 11) is 0. The Morgan fingerprint density at radius 2 is 0.400 bits per heavy atom. The Labute approximate surface area is 317 Å². The maximum absolute atomic E-state index is 2.62. The molecule has 0 spiro atoms. The largest absolute Gasteiger partial charge is 0.0654 e. The van der Waals surface area contributed by atoms with Crippen molar-refractivity contribution in [1.29, 1.82) is 0 Å². The molecule has 294 valence electrons. The van der Waals surface area contributed by atoms with Crippen molar-refractivity contribution in [3.05, 3.63) is 34.4 Å². The lowest BCUT2D eigenvalue weighted by atomic mass is 9.85. The third-order valence-corrected chi connectivity index (χ3v) is 11.8. The third kappa shape index (κ3) is 27.8. The molecule has 0 bridgehead atoms. The van der Waals surface area contributed by atoms with E-state index in [1.54, 1.807) is 11.1 Å². The molecule has 1 aromatic carbocycles. The summed E-state index contributed by atoms with van der Waals surface area (Å²) in [5, 5.41) is 0. The normalized spacial score (nSPS) is 11.6. The van der Waals surface area contributed by atoms with E-state index in [4.69, 9.17) is 0 Å². The zero-order valence-corrected chi connectivity index (χ0v) is 35.4. The Bertz CT molecular complexity index is 738. The van der Waals surface area contributed by atoms with Gasteiger partial charge in [0.15, 0.2) is 0 Å². The summed E-state index contributed by atoms with van der Waals surface area (Å²) in [4.78, 5) is 0. The molecular formula is C50H94. The highest BCUT2D eigenvalue weighted by molar-refractivity contribution is 5.42. The van der Waals surface area contributed by atoms with Gasteiger partial charge in [0.25, 0.3) is 0 Å². The molecule has 0 aliphatic rings. The summed E-state index contributed by atoms with van der Waals surface area (Å²) < 4.78 is 0. The van der Waals surface area contributed by atoms with Crippen LogP contribution in [-0.4, -0.2) is 0 Å². The van der Waals surface area contributed by atoms with Gasteiger partial charge in [-0.25, -0.2) is 0 Å². The maximum atomic E-state index is 2.62. The minimum atomic E-state index is 1.33. The van der Waals surface area contributed by atoms with Crippen molar-refractivity contribution in [3.8, 4) is 0 Å². The molecule has 0 saturated heterocycles. The lowest BCUT2D eigenvalue weighted by Gasteiger charge is -2.20.